The van der Waals surface area contributed by atoms with E-state index in [1.807, 2.05) is 11.9 Å². The Morgan fingerprint density at radius 1 is 1.45 bits per heavy atom. The maximum absolute atomic E-state index is 13.4. The highest BCUT2D eigenvalue weighted by atomic mass is 19.1. The van der Waals surface area contributed by atoms with E-state index in [0.29, 0.717) is 18.8 Å². The zero-order valence-corrected chi connectivity index (χ0v) is 12.8. The van der Waals surface area contributed by atoms with Gasteiger partial charge in [0, 0.05) is 25.6 Å². The second kappa shape index (κ2) is 8.08. The van der Waals surface area contributed by atoms with Crippen LogP contribution in [0.3, 0.4) is 0 Å². The van der Waals surface area contributed by atoms with E-state index in [2.05, 4.69) is 5.32 Å². The molecular formula is C16H22F2N2O2. The van der Waals surface area contributed by atoms with E-state index in [0.717, 1.165) is 38.2 Å². The number of rotatable bonds is 7. The fourth-order valence-corrected chi connectivity index (χ4v) is 2.67. The van der Waals surface area contributed by atoms with Gasteiger partial charge in [-0.05, 0) is 44.5 Å². The lowest BCUT2D eigenvalue weighted by Crippen LogP contribution is -2.30. The fourth-order valence-electron chi connectivity index (χ4n) is 2.67. The number of nitrogens with one attached hydrogen (secondary N) is 1. The summed E-state index contributed by atoms with van der Waals surface area (Å²) < 4.78 is 31.3. The summed E-state index contributed by atoms with van der Waals surface area (Å²) in [5.74, 6) is -0.699. The topological polar surface area (TPSA) is 41.6 Å². The Morgan fingerprint density at radius 2 is 2.27 bits per heavy atom. The van der Waals surface area contributed by atoms with Crippen LogP contribution in [0.15, 0.2) is 18.2 Å². The Morgan fingerprint density at radius 3 is 3.00 bits per heavy atom. The SMILES string of the molecule is CNC[C@H]1CCN(C(=O)CCCOc2ccc(F)cc2F)C1. The highest BCUT2D eigenvalue weighted by molar-refractivity contribution is 5.76. The van der Waals surface area contributed by atoms with Crippen molar-refractivity contribution in [3.05, 3.63) is 29.8 Å². The van der Waals surface area contributed by atoms with Gasteiger partial charge in [-0.25, -0.2) is 8.78 Å². The van der Waals surface area contributed by atoms with Gasteiger partial charge in [0.2, 0.25) is 5.91 Å². The molecule has 2 rings (SSSR count). The van der Waals surface area contributed by atoms with Crippen LogP contribution in [0.25, 0.3) is 0 Å². The molecule has 1 N–H and O–H groups in total. The van der Waals surface area contributed by atoms with Gasteiger partial charge in [0.05, 0.1) is 6.61 Å². The lowest BCUT2D eigenvalue weighted by atomic mass is 10.1. The summed E-state index contributed by atoms with van der Waals surface area (Å²) >= 11 is 0. The molecule has 0 bridgehead atoms. The van der Waals surface area contributed by atoms with Crippen LogP contribution < -0.4 is 10.1 Å². The molecule has 1 fully saturated rings. The molecule has 1 aliphatic rings. The van der Waals surface area contributed by atoms with Crippen LogP contribution in [-0.4, -0.2) is 44.1 Å². The Labute approximate surface area is 129 Å². The van der Waals surface area contributed by atoms with Crippen LogP contribution in [0.5, 0.6) is 5.75 Å². The zero-order valence-electron chi connectivity index (χ0n) is 12.8. The number of nitrogens with zero attached hydrogens (tertiary/aromatic N) is 1. The van der Waals surface area contributed by atoms with Gasteiger partial charge >= 0.3 is 0 Å². The van der Waals surface area contributed by atoms with Gasteiger partial charge in [-0.1, -0.05) is 0 Å². The van der Waals surface area contributed by atoms with Crippen molar-refractivity contribution in [3.8, 4) is 5.75 Å². The van der Waals surface area contributed by atoms with E-state index in [-0.39, 0.29) is 18.3 Å². The first kappa shape index (κ1) is 16.7. The monoisotopic (exact) mass is 312 g/mol. The molecule has 1 aromatic rings. The molecule has 1 amide bonds. The van der Waals surface area contributed by atoms with Gasteiger partial charge in [0.15, 0.2) is 11.6 Å². The molecule has 0 aliphatic carbocycles. The molecule has 1 aliphatic heterocycles. The number of ether oxygens (including phenoxy) is 1. The van der Waals surface area contributed by atoms with Crippen molar-refractivity contribution in [1.82, 2.24) is 10.2 Å². The molecule has 1 heterocycles. The lowest BCUT2D eigenvalue weighted by molar-refractivity contribution is -0.130. The summed E-state index contributed by atoms with van der Waals surface area (Å²) in [6, 6.07) is 3.19. The molecule has 0 spiro atoms. The molecule has 6 heteroatoms. The first-order valence-corrected chi connectivity index (χ1v) is 7.60. The van der Waals surface area contributed by atoms with Crippen molar-refractivity contribution in [1.29, 1.82) is 0 Å². The first-order chi connectivity index (χ1) is 10.6. The van der Waals surface area contributed by atoms with E-state index in [1.54, 1.807) is 0 Å². The van der Waals surface area contributed by atoms with E-state index in [4.69, 9.17) is 4.74 Å². The first-order valence-electron chi connectivity index (χ1n) is 7.60. The van der Waals surface area contributed by atoms with Gasteiger partial charge in [-0.2, -0.15) is 0 Å². The maximum atomic E-state index is 13.4. The van der Waals surface area contributed by atoms with Crippen molar-refractivity contribution in [2.75, 3.05) is 33.3 Å². The number of hydrogen-bond acceptors (Lipinski definition) is 3. The lowest BCUT2D eigenvalue weighted by Gasteiger charge is -2.16. The number of likely N-dealkylation sites (tertiary alicyclic amines) is 1. The molecule has 1 atom stereocenters. The van der Waals surface area contributed by atoms with Crippen LogP contribution in [-0.2, 0) is 4.79 Å². The fraction of sp³-hybridized carbons (Fsp3) is 0.562. The van der Waals surface area contributed by atoms with Crippen LogP contribution in [0.4, 0.5) is 8.78 Å². The highest BCUT2D eigenvalue weighted by Crippen LogP contribution is 2.19. The summed E-state index contributed by atoms with van der Waals surface area (Å²) in [6.45, 7) is 2.77. The summed E-state index contributed by atoms with van der Waals surface area (Å²) in [6.07, 6.45) is 1.93. The van der Waals surface area contributed by atoms with Crippen LogP contribution in [0, 0.1) is 17.6 Å². The Kier molecular flexibility index (Phi) is 6.12. The van der Waals surface area contributed by atoms with E-state index in [1.165, 1.54) is 6.07 Å². The van der Waals surface area contributed by atoms with Crippen molar-refractivity contribution >= 4 is 5.91 Å². The molecule has 0 saturated carbocycles. The third-order valence-electron chi connectivity index (χ3n) is 3.82. The molecule has 122 valence electrons. The number of amides is 1. The molecule has 1 aromatic carbocycles. The Bertz CT molecular complexity index is 511. The van der Waals surface area contributed by atoms with Gasteiger partial charge in [0.25, 0.3) is 0 Å². The Hall–Kier alpha value is -1.69. The average Bonchev–Trinajstić information content (AvgIpc) is 2.94. The van der Waals surface area contributed by atoms with E-state index in [9.17, 15) is 13.6 Å². The summed E-state index contributed by atoms with van der Waals surface area (Å²) in [5.41, 5.74) is 0. The van der Waals surface area contributed by atoms with Gasteiger partial charge in [-0.15, -0.1) is 0 Å². The van der Waals surface area contributed by atoms with Gasteiger partial charge in [0.1, 0.15) is 5.82 Å². The summed E-state index contributed by atoms with van der Waals surface area (Å²) in [7, 11) is 1.91. The smallest absolute Gasteiger partial charge is 0.222 e. The number of carbonyl (C=O) groups excluding carboxylic acids is 1. The van der Waals surface area contributed by atoms with E-state index >= 15 is 0 Å². The normalized spacial score (nSPS) is 17.8. The van der Waals surface area contributed by atoms with Crippen molar-refractivity contribution in [2.45, 2.75) is 19.3 Å². The van der Waals surface area contributed by atoms with Gasteiger partial charge in [-0.3, -0.25) is 4.79 Å². The number of hydrogen-bond donors (Lipinski definition) is 1. The van der Waals surface area contributed by atoms with Gasteiger partial charge < -0.3 is 15.0 Å². The van der Waals surface area contributed by atoms with Crippen LogP contribution in [0.1, 0.15) is 19.3 Å². The van der Waals surface area contributed by atoms with Crippen molar-refractivity contribution < 1.29 is 18.3 Å². The average molecular weight is 312 g/mol. The predicted molar refractivity (Wildman–Crippen MR) is 79.7 cm³/mol. The van der Waals surface area contributed by atoms with Crippen LogP contribution in [0.2, 0.25) is 0 Å². The minimum absolute atomic E-state index is 0.0177. The third kappa shape index (κ3) is 4.66. The molecule has 22 heavy (non-hydrogen) atoms. The third-order valence-corrected chi connectivity index (χ3v) is 3.82. The molecular weight excluding hydrogens is 290 g/mol. The maximum Gasteiger partial charge on any atom is 0.222 e. The molecule has 1 saturated heterocycles. The minimum atomic E-state index is -0.722. The number of carbonyl (C=O) groups is 1. The molecule has 0 radical (unpaired) electrons. The van der Waals surface area contributed by atoms with Crippen molar-refractivity contribution in [3.63, 3.8) is 0 Å². The van der Waals surface area contributed by atoms with Crippen LogP contribution >= 0.6 is 0 Å². The number of benzene rings is 1. The predicted octanol–water partition coefficient (Wildman–Crippen LogP) is 2.19. The largest absolute Gasteiger partial charge is 0.491 e. The second-order valence-corrected chi connectivity index (χ2v) is 5.58. The summed E-state index contributed by atoms with van der Waals surface area (Å²) in [4.78, 5) is 13.9. The quantitative estimate of drug-likeness (QED) is 0.785. The Balaban J connectivity index is 1.67. The van der Waals surface area contributed by atoms with Crippen molar-refractivity contribution in [2.24, 2.45) is 5.92 Å². The minimum Gasteiger partial charge on any atom is -0.491 e. The summed E-state index contributed by atoms with van der Waals surface area (Å²) in [5, 5.41) is 3.13. The van der Waals surface area contributed by atoms with E-state index < -0.39 is 11.6 Å². The standard InChI is InChI=1S/C16H22F2N2O2/c1-19-10-12-6-7-20(11-12)16(21)3-2-8-22-15-5-4-13(17)9-14(15)18/h4-5,9,12,19H,2-3,6-8,10-11H2,1H3/t12-/m1/s1. The molecule has 0 unspecified atom stereocenters. The molecule has 4 nitrogen and oxygen atoms in total. The zero-order chi connectivity index (χ0) is 15.9. The highest BCUT2D eigenvalue weighted by Gasteiger charge is 2.25. The molecule has 0 aromatic heterocycles. The number of halogens is 2. The second-order valence-electron chi connectivity index (χ2n) is 5.58.